The van der Waals surface area contributed by atoms with E-state index in [-0.39, 0.29) is 6.61 Å². The third-order valence-electron chi connectivity index (χ3n) is 2.93. The normalized spacial score (nSPS) is 10.5. The first kappa shape index (κ1) is 16.3. The molecule has 0 aliphatic rings. The molecule has 2 aromatic carbocycles. The molecule has 0 heterocycles. The molecule has 0 spiro atoms. The molecule has 0 bridgehead atoms. The molecule has 0 radical (unpaired) electrons. The number of hydrogen-bond donors (Lipinski definition) is 0. The largest absolute Gasteiger partial charge is 0.490 e. The molecule has 0 fully saturated rings. The van der Waals surface area contributed by atoms with Crippen molar-refractivity contribution in [3.05, 3.63) is 57.6 Å². The van der Waals surface area contributed by atoms with Crippen molar-refractivity contribution < 1.29 is 9.47 Å². The summed E-state index contributed by atoms with van der Waals surface area (Å²) in [6.45, 7) is 2.73. The van der Waals surface area contributed by atoms with Gasteiger partial charge in [0.05, 0.1) is 12.5 Å². The highest BCUT2D eigenvalue weighted by molar-refractivity contribution is 6.35. The fraction of sp³-hybridized carbons (Fsp3) is 0.250. The summed E-state index contributed by atoms with van der Waals surface area (Å²) < 4.78 is 11.5. The molecule has 2 nitrogen and oxygen atoms in total. The van der Waals surface area contributed by atoms with Crippen molar-refractivity contribution in [3.8, 4) is 11.5 Å². The molecule has 0 aromatic heterocycles. The average molecular weight is 346 g/mol. The van der Waals surface area contributed by atoms with Gasteiger partial charge in [-0.1, -0.05) is 41.4 Å². The molecule has 0 atom stereocenters. The summed E-state index contributed by atoms with van der Waals surface area (Å²) in [4.78, 5) is 0. The van der Waals surface area contributed by atoms with Crippen molar-refractivity contribution in [2.24, 2.45) is 0 Å². The van der Waals surface area contributed by atoms with E-state index < -0.39 is 0 Å². The smallest absolute Gasteiger partial charge is 0.166 e. The van der Waals surface area contributed by atoms with Crippen molar-refractivity contribution in [1.82, 2.24) is 0 Å². The lowest BCUT2D eigenvalue weighted by Crippen LogP contribution is -2.03. The van der Waals surface area contributed by atoms with Crippen molar-refractivity contribution in [2.75, 3.05) is 6.61 Å². The Morgan fingerprint density at radius 2 is 1.62 bits per heavy atom. The van der Waals surface area contributed by atoms with E-state index in [1.54, 1.807) is 18.2 Å². The van der Waals surface area contributed by atoms with Gasteiger partial charge in [-0.05, 0) is 25.1 Å². The fourth-order valence-corrected chi connectivity index (χ4v) is 2.63. The number of para-hydroxylation sites is 1. The maximum Gasteiger partial charge on any atom is 0.166 e. The van der Waals surface area contributed by atoms with Crippen molar-refractivity contribution in [1.29, 1.82) is 0 Å². The van der Waals surface area contributed by atoms with Crippen LogP contribution < -0.4 is 9.47 Å². The predicted octanol–water partition coefficient (Wildman–Crippen LogP) is 5.71. The molecule has 112 valence electrons. The van der Waals surface area contributed by atoms with E-state index in [1.807, 2.05) is 25.1 Å². The maximum atomic E-state index is 6.15. The molecule has 0 amide bonds. The number of halogens is 3. The summed E-state index contributed by atoms with van der Waals surface area (Å²) in [5.74, 6) is 1.64. The molecule has 21 heavy (non-hydrogen) atoms. The second-order valence-electron chi connectivity index (χ2n) is 4.30. The van der Waals surface area contributed by atoms with E-state index in [9.17, 15) is 0 Å². The van der Waals surface area contributed by atoms with Crippen LogP contribution in [0.5, 0.6) is 11.5 Å². The van der Waals surface area contributed by atoms with Gasteiger partial charge in [-0.25, -0.2) is 0 Å². The second kappa shape index (κ2) is 7.79. The van der Waals surface area contributed by atoms with E-state index in [4.69, 9.17) is 44.3 Å². The van der Waals surface area contributed by atoms with E-state index in [1.165, 1.54) is 0 Å². The first-order chi connectivity index (χ1) is 10.2. The quantitative estimate of drug-likeness (QED) is 0.624. The zero-order valence-electron chi connectivity index (χ0n) is 11.5. The van der Waals surface area contributed by atoms with Crippen LogP contribution in [0.4, 0.5) is 0 Å². The van der Waals surface area contributed by atoms with Crippen LogP contribution >= 0.6 is 34.8 Å². The summed E-state index contributed by atoms with van der Waals surface area (Å²) >= 11 is 18.3. The number of rotatable bonds is 6. The van der Waals surface area contributed by atoms with E-state index in [0.29, 0.717) is 34.0 Å². The summed E-state index contributed by atoms with van der Waals surface area (Å²) in [5, 5.41) is 1.15. The molecule has 0 saturated heterocycles. The molecule has 0 N–H and O–H groups in total. The third kappa shape index (κ3) is 3.97. The van der Waals surface area contributed by atoms with E-state index >= 15 is 0 Å². The first-order valence-electron chi connectivity index (χ1n) is 6.53. The minimum Gasteiger partial charge on any atom is -0.490 e. The Hall–Kier alpha value is -1.09. The zero-order chi connectivity index (χ0) is 15.2. The predicted molar refractivity (Wildman–Crippen MR) is 88.0 cm³/mol. The van der Waals surface area contributed by atoms with Crippen LogP contribution in [0.25, 0.3) is 0 Å². The van der Waals surface area contributed by atoms with Gasteiger partial charge < -0.3 is 9.47 Å². The minimum absolute atomic E-state index is 0.256. The van der Waals surface area contributed by atoms with Gasteiger partial charge in [-0.2, -0.15) is 0 Å². The van der Waals surface area contributed by atoms with Crippen LogP contribution in [0.2, 0.25) is 10.0 Å². The van der Waals surface area contributed by atoms with Crippen LogP contribution in [0.3, 0.4) is 0 Å². The van der Waals surface area contributed by atoms with Gasteiger partial charge in [0.2, 0.25) is 0 Å². The monoisotopic (exact) mass is 344 g/mol. The summed E-state index contributed by atoms with van der Waals surface area (Å²) in [6.07, 6.45) is 0. The highest BCUT2D eigenvalue weighted by Gasteiger charge is 2.13. The Bertz CT molecular complexity index is 594. The summed E-state index contributed by atoms with van der Waals surface area (Å²) in [7, 11) is 0. The number of alkyl halides is 1. The van der Waals surface area contributed by atoms with Gasteiger partial charge in [-0.3, -0.25) is 0 Å². The van der Waals surface area contributed by atoms with Crippen molar-refractivity contribution in [3.63, 3.8) is 0 Å². The van der Waals surface area contributed by atoms with Crippen LogP contribution in [-0.4, -0.2) is 6.61 Å². The van der Waals surface area contributed by atoms with Crippen LogP contribution in [-0.2, 0) is 12.5 Å². The summed E-state index contributed by atoms with van der Waals surface area (Å²) in [6, 6.07) is 11.0. The first-order valence-corrected chi connectivity index (χ1v) is 7.82. The molecule has 0 unspecified atom stereocenters. The lowest BCUT2D eigenvalue weighted by Gasteiger charge is -2.16. The zero-order valence-corrected chi connectivity index (χ0v) is 13.8. The maximum absolute atomic E-state index is 6.15. The third-order valence-corrected chi connectivity index (χ3v) is 3.92. The lowest BCUT2D eigenvalue weighted by atomic mass is 10.2. The van der Waals surface area contributed by atoms with Gasteiger partial charge in [0.25, 0.3) is 0 Å². The minimum atomic E-state index is 0.256. The number of benzene rings is 2. The van der Waals surface area contributed by atoms with Crippen LogP contribution in [0.15, 0.2) is 36.4 Å². The Kier molecular flexibility index (Phi) is 6.04. The Labute approximate surface area is 139 Å². The highest BCUT2D eigenvalue weighted by atomic mass is 35.5. The molecule has 2 rings (SSSR count). The fourth-order valence-electron chi connectivity index (χ4n) is 1.91. The van der Waals surface area contributed by atoms with Gasteiger partial charge in [0.15, 0.2) is 11.5 Å². The Morgan fingerprint density at radius 1 is 0.952 bits per heavy atom. The second-order valence-corrected chi connectivity index (χ2v) is 5.38. The molecule has 0 aliphatic heterocycles. The SMILES string of the molecule is CCOc1cccc(CCl)c1OCc1c(Cl)cccc1Cl. The molecule has 0 aliphatic carbocycles. The molecular formula is C16H15Cl3O2. The van der Waals surface area contributed by atoms with Crippen molar-refractivity contribution in [2.45, 2.75) is 19.4 Å². The number of hydrogen-bond acceptors (Lipinski definition) is 2. The number of ether oxygens (including phenoxy) is 2. The average Bonchev–Trinajstić information content (AvgIpc) is 2.48. The van der Waals surface area contributed by atoms with Gasteiger partial charge in [0.1, 0.15) is 6.61 Å². The Balaban J connectivity index is 2.27. The van der Waals surface area contributed by atoms with Crippen LogP contribution in [0, 0.1) is 0 Å². The molecule has 2 aromatic rings. The van der Waals surface area contributed by atoms with Gasteiger partial charge in [-0.15, -0.1) is 11.6 Å². The van der Waals surface area contributed by atoms with Gasteiger partial charge >= 0.3 is 0 Å². The lowest BCUT2D eigenvalue weighted by molar-refractivity contribution is 0.267. The summed E-state index contributed by atoms with van der Waals surface area (Å²) in [5.41, 5.74) is 1.61. The molecule has 0 saturated carbocycles. The Morgan fingerprint density at radius 3 is 2.24 bits per heavy atom. The van der Waals surface area contributed by atoms with E-state index in [0.717, 1.165) is 11.1 Å². The van der Waals surface area contributed by atoms with Gasteiger partial charge in [0, 0.05) is 21.2 Å². The molecular weight excluding hydrogens is 331 g/mol. The van der Waals surface area contributed by atoms with Crippen LogP contribution in [0.1, 0.15) is 18.1 Å². The topological polar surface area (TPSA) is 18.5 Å². The van der Waals surface area contributed by atoms with Crippen molar-refractivity contribution >= 4 is 34.8 Å². The highest BCUT2D eigenvalue weighted by Crippen LogP contribution is 2.34. The van der Waals surface area contributed by atoms with E-state index in [2.05, 4.69) is 0 Å². The standard InChI is InChI=1S/C16H15Cl3O2/c1-2-20-15-8-3-5-11(9-17)16(15)21-10-12-13(18)6-4-7-14(12)19/h3-8H,2,9-10H2,1H3. The molecule has 5 heteroatoms.